The average Bonchev–Trinajstić information content (AvgIpc) is 3.18. The Morgan fingerprint density at radius 1 is 1.32 bits per heavy atom. The zero-order chi connectivity index (χ0) is 17.2. The van der Waals surface area contributed by atoms with Crippen LogP contribution in [0.4, 0.5) is 9.52 Å². The monoisotopic (exact) mass is 373 g/mol. The molecule has 4 rings (SSSR count). The maximum absolute atomic E-state index is 13.2. The van der Waals surface area contributed by atoms with Gasteiger partial charge in [-0.3, -0.25) is 4.98 Å². The van der Waals surface area contributed by atoms with Gasteiger partial charge in [-0.2, -0.15) is 0 Å². The molecule has 0 radical (unpaired) electrons. The second-order valence-corrected chi connectivity index (χ2v) is 6.93. The van der Waals surface area contributed by atoms with Gasteiger partial charge in [0.25, 0.3) is 0 Å². The predicted octanol–water partition coefficient (Wildman–Crippen LogP) is 4.41. The van der Waals surface area contributed by atoms with Crippen LogP contribution >= 0.6 is 22.9 Å². The first-order valence-electron chi connectivity index (χ1n) is 7.58. The van der Waals surface area contributed by atoms with Gasteiger partial charge in [-0.1, -0.05) is 11.6 Å². The molecule has 5 nitrogen and oxygen atoms in total. The van der Waals surface area contributed by atoms with Crippen molar-refractivity contribution in [1.82, 2.24) is 19.9 Å². The number of halogens is 2. The van der Waals surface area contributed by atoms with Gasteiger partial charge in [-0.05, 0) is 29.3 Å². The van der Waals surface area contributed by atoms with Gasteiger partial charge in [0.1, 0.15) is 16.6 Å². The largest absolute Gasteiger partial charge is 0.357 e. The molecule has 126 valence electrons. The van der Waals surface area contributed by atoms with Crippen molar-refractivity contribution in [2.45, 2.75) is 13.0 Å². The van der Waals surface area contributed by atoms with Gasteiger partial charge in [-0.15, -0.1) is 11.3 Å². The number of rotatable bonds is 5. The molecule has 0 bridgehead atoms. The van der Waals surface area contributed by atoms with Crippen LogP contribution in [0.3, 0.4) is 0 Å². The molecule has 0 aliphatic carbocycles. The lowest BCUT2D eigenvalue weighted by Gasteiger charge is -2.02. The lowest BCUT2D eigenvalue weighted by atomic mass is 10.1. The van der Waals surface area contributed by atoms with E-state index < -0.39 is 0 Å². The topological polar surface area (TPSA) is 66.5 Å². The first kappa shape index (κ1) is 16.0. The molecule has 25 heavy (non-hydrogen) atoms. The molecule has 0 amide bonds. The highest BCUT2D eigenvalue weighted by atomic mass is 35.5. The summed E-state index contributed by atoms with van der Waals surface area (Å²) in [6, 6.07) is 5.38. The van der Waals surface area contributed by atoms with E-state index in [1.165, 1.54) is 23.6 Å². The standard InChI is InChI=1S/C17H13ClFN5S/c18-15-14(5-11-8-22-16-13(11)2-1-3-21-16)25-17(24-15)23-7-10-4-12(19)9-20-6-10/h1-4,6,8-9H,5,7H2,(H,21,22)(H,23,24). The van der Waals surface area contributed by atoms with Crippen LogP contribution in [0.1, 0.15) is 16.0 Å². The Morgan fingerprint density at radius 3 is 3.12 bits per heavy atom. The van der Waals surface area contributed by atoms with Crippen LogP contribution in [0.15, 0.2) is 43.0 Å². The smallest absolute Gasteiger partial charge is 0.184 e. The van der Waals surface area contributed by atoms with Crippen LogP contribution in [0, 0.1) is 5.82 Å². The van der Waals surface area contributed by atoms with E-state index in [2.05, 4.69) is 25.3 Å². The van der Waals surface area contributed by atoms with Crippen LogP contribution in [-0.4, -0.2) is 19.9 Å². The zero-order valence-corrected chi connectivity index (χ0v) is 14.5. The van der Waals surface area contributed by atoms with Crippen LogP contribution in [0.2, 0.25) is 5.15 Å². The van der Waals surface area contributed by atoms with Crippen molar-refractivity contribution >= 4 is 39.1 Å². The third-order valence-electron chi connectivity index (χ3n) is 3.74. The number of hydrogen-bond donors (Lipinski definition) is 2. The summed E-state index contributed by atoms with van der Waals surface area (Å²) in [7, 11) is 0. The van der Waals surface area contributed by atoms with Crippen LogP contribution in [0.5, 0.6) is 0 Å². The molecular formula is C17H13ClFN5S. The van der Waals surface area contributed by atoms with E-state index in [1.54, 1.807) is 12.4 Å². The van der Waals surface area contributed by atoms with Crippen molar-refractivity contribution in [3.8, 4) is 0 Å². The Bertz CT molecular complexity index is 1030. The molecule has 2 N–H and O–H groups in total. The van der Waals surface area contributed by atoms with Crippen molar-refractivity contribution in [2.75, 3.05) is 5.32 Å². The van der Waals surface area contributed by atoms with Crippen molar-refractivity contribution in [1.29, 1.82) is 0 Å². The number of anilines is 1. The number of nitrogens with one attached hydrogen (secondary N) is 2. The molecule has 0 aliphatic rings. The number of aromatic nitrogens is 4. The minimum absolute atomic E-state index is 0.356. The molecule has 8 heteroatoms. The molecule has 0 saturated heterocycles. The number of thiazole rings is 1. The van der Waals surface area contributed by atoms with Gasteiger partial charge in [-0.25, -0.2) is 14.4 Å². The van der Waals surface area contributed by atoms with Crippen molar-refractivity contribution in [2.24, 2.45) is 0 Å². The van der Waals surface area contributed by atoms with Gasteiger partial charge >= 0.3 is 0 Å². The van der Waals surface area contributed by atoms with Crippen molar-refractivity contribution in [3.05, 3.63) is 70.0 Å². The van der Waals surface area contributed by atoms with E-state index in [0.717, 1.165) is 27.0 Å². The molecule has 4 heterocycles. The number of hydrogen-bond acceptors (Lipinski definition) is 5. The van der Waals surface area contributed by atoms with Crippen molar-refractivity contribution < 1.29 is 4.39 Å². The third-order valence-corrected chi connectivity index (χ3v) is 5.18. The van der Waals surface area contributed by atoms with E-state index >= 15 is 0 Å². The number of H-pyrrole nitrogens is 1. The molecule has 0 unspecified atom stereocenters. The molecule has 4 aromatic rings. The normalized spacial score (nSPS) is 11.1. The zero-order valence-electron chi connectivity index (χ0n) is 13.0. The molecular weight excluding hydrogens is 361 g/mol. The molecule has 0 saturated carbocycles. The second kappa shape index (κ2) is 6.78. The quantitative estimate of drug-likeness (QED) is 0.543. The predicted molar refractivity (Wildman–Crippen MR) is 97.5 cm³/mol. The summed E-state index contributed by atoms with van der Waals surface area (Å²) >= 11 is 7.77. The Morgan fingerprint density at radius 2 is 2.24 bits per heavy atom. The van der Waals surface area contributed by atoms with Gasteiger partial charge in [0, 0.05) is 36.9 Å². The Kier molecular flexibility index (Phi) is 4.33. The molecule has 4 aromatic heterocycles. The van der Waals surface area contributed by atoms with E-state index in [1.807, 2.05) is 18.3 Å². The van der Waals surface area contributed by atoms with E-state index in [0.29, 0.717) is 23.3 Å². The average molecular weight is 374 g/mol. The summed E-state index contributed by atoms with van der Waals surface area (Å²) in [5, 5.41) is 5.41. The Balaban J connectivity index is 1.50. The summed E-state index contributed by atoms with van der Waals surface area (Å²) in [5.41, 5.74) is 2.72. The summed E-state index contributed by atoms with van der Waals surface area (Å²) < 4.78 is 13.2. The maximum Gasteiger partial charge on any atom is 0.184 e. The summed E-state index contributed by atoms with van der Waals surface area (Å²) in [6.07, 6.45) is 7.17. The first-order chi connectivity index (χ1) is 12.2. The fourth-order valence-corrected chi connectivity index (χ4v) is 3.77. The van der Waals surface area contributed by atoms with E-state index in [9.17, 15) is 4.39 Å². The van der Waals surface area contributed by atoms with E-state index in [4.69, 9.17) is 11.6 Å². The van der Waals surface area contributed by atoms with Gasteiger partial charge in [0.2, 0.25) is 0 Å². The van der Waals surface area contributed by atoms with Crippen LogP contribution < -0.4 is 5.32 Å². The number of fused-ring (bicyclic) bond motifs is 1. The number of pyridine rings is 2. The lowest BCUT2D eigenvalue weighted by Crippen LogP contribution is -1.99. The molecule has 0 atom stereocenters. The molecule has 0 aliphatic heterocycles. The lowest BCUT2D eigenvalue weighted by molar-refractivity contribution is 0.619. The van der Waals surface area contributed by atoms with E-state index in [-0.39, 0.29) is 5.82 Å². The highest BCUT2D eigenvalue weighted by molar-refractivity contribution is 7.16. The number of nitrogens with zero attached hydrogens (tertiary/aromatic N) is 3. The maximum atomic E-state index is 13.2. The van der Waals surface area contributed by atoms with Crippen molar-refractivity contribution in [3.63, 3.8) is 0 Å². The Labute approximate surface area is 151 Å². The van der Waals surface area contributed by atoms with Gasteiger partial charge in [0.15, 0.2) is 5.13 Å². The number of aromatic amines is 1. The highest BCUT2D eigenvalue weighted by Crippen LogP contribution is 2.31. The first-order valence-corrected chi connectivity index (χ1v) is 8.78. The summed E-state index contributed by atoms with van der Waals surface area (Å²) in [5.74, 6) is -0.356. The van der Waals surface area contributed by atoms with Gasteiger partial charge in [0.05, 0.1) is 11.1 Å². The fraction of sp³-hybridized carbons (Fsp3) is 0.118. The van der Waals surface area contributed by atoms with Crippen LogP contribution in [0.25, 0.3) is 11.0 Å². The summed E-state index contributed by atoms with van der Waals surface area (Å²) in [6.45, 7) is 0.436. The summed E-state index contributed by atoms with van der Waals surface area (Å²) in [4.78, 5) is 16.6. The third kappa shape index (κ3) is 3.47. The molecule has 0 aromatic carbocycles. The second-order valence-electron chi connectivity index (χ2n) is 5.49. The molecule has 0 spiro atoms. The molecule has 0 fully saturated rings. The minimum Gasteiger partial charge on any atom is -0.357 e. The SMILES string of the molecule is Fc1cncc(CNc2nc(Cl)c(Cc3c[nH]c4ncccc34)s2)c1. The van der Waals surface area contributed by atoms with Gasteiger partial charge < -0.3 is 10.3 Å². The fourth-order valence-electron chi connectivity index (χ4n) is 2.58. The highest BCUT2D eigenvalue weighted by Gasteiger charge is 2.13. The minimum atomic E-state index is -0.356. The van der Waals surface area contributed by atoms with Crippen LogP contribution in [-0.2, 0) is 13.0 Å². The Hall–Kier alpha value is -2.51.